The van der Waals surface area contributed by atoms with Gasteiger partial charge in [0.25, 0.3) is 0 Å². The second-order valence-electron chi connectivity index (χ2n) is 4.50. The van der Waals surface area contributed by atoms with Gasteiger partial charge in [-0.2, -0.15) is 0 Å². The molecule has 1 aliphatic heterocycles. The summed E-state index contributed by atoms with van der Waals surface area (Å²) >= 11 is 5.75. The maximum absolute atomic E-state index is 5.75. The first-order valence-corrected chi connectivity index (χ1v) is 6.64. The lowest BCUT2D eigenvalue weighted by Crippen LogP contribution is -2.37. The van der Waals surface area contributed by atoms with Gasteiger partial charge in [-0.1, -0.05) is 13.3 Å². The average molecular weight is 218 g/mol. The Morgan fingerprint density at radius 2 is 2.29 bits per heavy atom. The van der Waals surface area contributed by atoms with Crippen LogP contribution in [-0.2, 0) is 0 Å². The molecular weight excluding hydrogens is 194 g/mol. The quantitative estimate of drug-likeness (QED) is 0.614. The fourth-order valence-electron chi connectivity index (χ4n) is 2.64. The molecule has 2 heteroatoms. The van der Waals surface area contributed by atoms with Gasteiger partial charge in [0.05, 0.1) is 0 Å². The third-order valence-electron chi connectivity index (χ3n) is 3.37. The molecule has 1 aliphatic rings. The average Bonchev–Trinajstić information content (AvgIpc) is 2.63. The molecule has 0 spiro atoms. The first-order chi connectivity index (χ1) is 6.79. The SMILES string of the molecule is CCCC(C)N1CCCC1CCCCl. The number of hydrogen-bond acceptors (Lipinski definition) is 1. The summed E-state index contributed by atoms with van der Waals surface area (Å²) in [6, 6.07) is 1.61. The smallest absolute Gasteiger partial charge is 0.0224 e. The Hall–Kier alpha value is 0.250. The van der Waals surface area contributed by atoms with Crippen molar-refractivity contribution >= 4 is 11.6 Å². The van der Waals surface area contributed by atoms with E-state index in [4.69, 9.17) is 11.6 Å². The predicted octanol–water partition coefficient (Wildman–Crippen LogP) is 3.66. The van der Waals surface area contributed by atoms with Crippen LogP contribution in [0.25, 0.3) is 0 Å². The first-order valence-electron chi connectivity index (χ1n) is 6.11. The van der Waals surface area contributed by atoms with Gasteiger partial charge in [0, 0.05) is 18.0 Å². The highest BCUT2D eigenvalue weighted by molar-refractivity contribution is 6.17. The minimum absolute atomic E-state index is 0.780. The van der Waals surface area contributed by atoms with Crippen molar-refractivity contribution in [3.05, 3.63) is 0 Å². The van der Waals surface area contributed by atoms with Gasteiger partial charge in [0.1, 0.15) is 0 Å². The van der Waals surface area contributed by atoms with Crippen LogP contribution in [0.5, 0.6) is 0 Å². The third kappa shape index (κ3) is 3.43. The molecule has 1 nitrogen and oxygen atoms in total. The van der Waals surface area contributed by atoms with E-state index in [1.165, 1.54) is 45.1 Å². The standard InChI is InChI=1S/C12H24ClN/c1-3-6-11(2)14-10-5-8-12(14)7-4-9-13/h11-12H,3-10H2,1-2H3. The van der Waals surface area contributed by atoms with Crippen LogP contribution in [0.15, 0.2) is 0 Å². The lowest BCUT2D eigenvalue weighted by Gasteiger charge is -2.30. The van der Waals surface area contributed by atoms with Crippen LogP contribution in [0.1, 0.15) is 52.4 Å². The molecule has 0 aromatic heterocycles. The number of halogens is 1. The van der Waals surface area contributed by atoms with Crippen LogP contribution in [-0.4, -0.2) is 29.4 Å². The van der Waals surface area contributed by atoms with E-state index in [1.807, 2.05) is 0 Å². The Morgan fingerprint density at radius 3 is 2.93 bits per heavy atom. The van der Waals surface area contributed by atoms with E-state index in [0.29, 0.717) is 0 Å². The number of hydrogen-bond donors (Lipinski definition) is 0. The van der Waals surface area contributed by atoms with Crippen molar-refractivity contribution in [2.45, 2.75) is 64.5 Å². The van der Waals surface area contributed by atoms with Gasteiger partial charge in [-0.05, 0) is 45.6 Å². The van der Waals surface area contributed by atoms with E-state index in [1.54, 1.807) is 0 Å². The zero-order valence-electron chi connectivity index (χ0n) is 9.64. The van der Waals surface area contributed by atoms with E-state index in [0.717, 1.165) is 18.0 Å². The highest BCUT2D eigenvalue weighted by Gasteiger charge is 2.27. The zero-order chi connectivity index (χ0) is 10.4. The van der Waals surface area contributed by atoms with Gasteiger partial charge in [-0.25, -0.2) is 0 Å². The molecule has 14 heavy (non-hydrogen) atoms. The minimum Gasteiger partial charge on any atom is -0.298 e. The van der Waals surface area contributed by atoms with Crippen LogP contribution in [0.2, 0.25) is 0 Å². The number of nitrogens with zero attached hydrogens (tertiary/aromatic N) is 1. The predicted molar refractivity (Wildman–Crippen MR) is 64.1 cm³/mol. The molecule has 0 aromatic carbocycles. The maximum atomic E-state index is 5.75. The molecule has 2 atom stereocenters. The summed E-state index contributed by atoms with van der Waals surface area (Å²) < 4.78 is 0. The second kappa shape index (κ2) is 6.68. The summed E-state index contributed by atoms with van der Waals surface area (Å²) in [5.74, 6) is 0.826. The molecular formula is C12H24ClN. The molecule has 84 valence electrons. The highest BCUT2D eigenvalue weighted by Crippen LogP contribution is 2.25. The zero-order valence-corrected chi connectivity index (χ0v) is 10.4. The van der Waals surface area contributed by atoms with E-state index in [2.05, 4.69) is 18.7 Å². The molecule has 0 N–H and O–H groups in total. The lowest BCUT2D eigenvalue weighted by atomic mass is 10.1. The molecule has 1 saturated heterocycles. The van der Waals surface area contributed by atoms with Gasteiger partial charge >= 0.3 is 0 Å². The molecule has 0 radical (unpaired) electrons. The van der Waals surface area contributed by atoms with Crippen molar-refractivity contribution in [3.8, 4) is 0 Å². The summed E-state index contributed by atoms with van der Waals surface area (Å²) in [5, 5.41) is 0. The van der Waals surface area contributed by atoms with Gasteiger partial charge in [-0.15, -0.1) is 11.6 Å². The molecule has 0 aliphatic carbocycles. The van der Waals surface area contributed by atoms with Crippen LogP contribution in [0.3, 0.4) is 0 Å². The molecule has 0 aromatic rings. The summed E-state index contributed by atoms with van der Waals surface area (Å²) in [6.07, 6.45) is 7.92. The van der Waals surface area contributed by atoms with Crippen molar-refractivity contribution in [3.63, 3.8) is 0 Å². The van der Waals surface area contributed by atoms with Gasteiger partial charge in [0.15, 0.2) is 0 Å². The largest absolute Gasteiger partial charge is 0.298 e. The summed E-state index contributed by atoms with van der Waals surface area (Å²) in [6.45, 7) is 5.97. The topological polar surface area (TPSA) is 3.24 Å². The van der Waals surface area contributed by atoms with Crippen LogP contribution >= 0.6 is 11.6 Å². The summed E-state index contributed by atoms with van der Waals surface area (Å²) in [4.78, 5) is 2.70. The molecule has 2 unspecified atom stereocenters. The van der Waals surface area contributed by atoms with Crippen LogP contribution in [0.4, 0.5) is 0 Å². The fourth-order valence-corrected chi connectivity index (χ4v) is 2.80. The van der Waals surface area contributed by atoms with Crippen LogP contribution < -0.4 is 0 Å². The van der Waals surface area contributed by atoms with Crippen LogP contribution in [0, 0.1) is 0 Å². The highest BCUT2D eigenvalue weighted by atomic mass is 35.5. The Balaban J connectivity index is 2.33. The second-order valence-corrected chi connectivity index (χ2v) is 4.88. The fraction of sp³-hybridized carbons (Fsp3) is 1.00. The maximum Gasteiger partial charge on any atom is 0.0224 e. The molecule has 1 heterocycles. The van der Waals surface area contributed by atoms with Crippen molar-refractivity contribution in [2.75, 3.05) is 12.4 Å². The molecule has 1 rings (SSSR count). The molecule has 1 fully saturated rings. The van der Waals surface area contributed by atoms with E-state index in [-0.39, 0.29) is 0 Å². The molecule has 0 saturated carbocycles. The van der Waals surface area contributed by atoms with Crippen molar-refractivity contribution in [1.29, 1.82) is 0 Å². The van der Waals surface area contributed by atoms with Crippen molar-refractivity contribution < 1.29 is 0 Å². The normalized spacial score (nSPS) is 25.5. The van der Waals surface area contributed by atoms with Crippen molar-refractivity contribution in [1.82, 2.24) is 4.90 Å². The molecule has 0 bridgehead atoms. The van der Waals surface area contributed by atoms with E-state index in [9.17, 15) is 0 Å². The number of likely N-dealkylation sites (tertiary alicyclic amines) is 1. The minimum atomic E-state index is 0.780. The van der Waals surface area contributed by atoms with Gasteiger partial charge in [-0.3, -0.25) is 4.90 Å². The third-order valence-corrected chi connectivity index (χ3v) is 3.63. The Kier molecular flexibility index (Phi) is 5.88. The Bertz CT molecular complexity index is 149. The van der Waals surface area contributed by atoms with Gasteiger partial charge < -0.3 is 0 Å². The van der Waals surface area contributed by atoms with E-state index >= 15 is 0 Å². The summed E-state index contributed by atoms with van der Waals surface area (Å²) in [7, 11) is 0. The monoisotopic (exact) mass is 217 g/mol. The van der Waals surface area contributed by atoms with Crippen molar-refractivity contribution in [2.24, 2.45) is 0 Å². The first kappa shape index (κ1) is 12.3. The Morgan fingerprint density at radius 1 is 1.50 bits per heavy atom. The lowest BCUT2D eigenvalue weighted by molar-refractivity contribution is 0.174. The summed E-state index contributed by atoms with van der Waals surface area (Å²) in [5.41, 5.74) is 0. The number of rotatable bonds is 6. The number of alkyl halides is 1. The van der Waals surface area contributed by atoms with Gasteiger partial charge in [0.2, 0.25) is 0 Å². The Labute approximate surface area is 93.8 Å². The van der Waals surface area contributed by atoms with E-state index < -0.39 is 0 Å². The molecule has 0 amide bonds.